The lowest BCUT2D eigenvalue weighted by atomic mass is 10.0. The van der Waals surface area contributed by atoms with Crippen LogP contribution >= 0.6 is 0 Å². The van der Waals surface area contributed by atoms with E-state index in [0.29, 0.717) is 19.3 Å². The molecule has 0 amide bonds. The van der Waals surface area contributed by atoms with Crippen molar-refractivity contribution in [3.05, 3.63) is 85.1 Å². The van der Waals surface area contributed by atoms with Gasteiger partial charge in [-0.15, -0.1) is 0 Å². The van der Waals surface area contributed by atoms with Crippen molar-refractivity contribution in [2.24, 2.45) is 0 Å². The Morgan fingerprint density at radius 2 is 0.547 bits per heavy atom. The van der Waals surface area contributed by atoms with E-state index in [1.165, 1.54) is 199 Å². The molecule has 6 heteroatoms. The van der Waals surface area contributed by atoms with Gasteiger partial charge in [0.1, 0.15) is 13.2 Å². The van der Waals surface area contributed by atoms with Gasteiger partial charge < -0.3 is 14.2 Å². The lowest BCUT2D eigenvalue weighted by molar-refractivity contribution is -0.166. The molecule has 0 bridgehead atoms. The monoisotopic (exact) mass is 1040 g/mol. The summed E-state index contributed by atoms with van der Waals surface area (Å²) >= 11 is 0. The first-order valence-electron chi connectivity index (χ1n) is 32.1. The lowest BCUT2D eigenvalue weighted by Gasteiger charge is -2.18. The highest BCUT2D eigenvalue weighted by atomic mass is 16.6. The molecule has 0 aromatic carbocycles. The molecule has 0 aromatic rings. The first-order chi connectivity index (χ1) is 37.0. The Balaban J connectivity index is 4.33. The quantitative estimate of drug-likeness (QED) is 0.0261. The molecule has 0 rings (SSSR count). The highest BCUT2D eigenvalue weighted by molar-refractivity contribution is 5.71. The van der Waals surface area contributed by atoms with Crippen LogP contribution in [0.15, 0.2) is 85.1 Å². The summed E-state index contributed by atoms with van der Waals surface area (Å²) in [5.74, 6) is -0.975. The van der Waals surface area contributed by atoms with Crippen LogP contribution in [0.2, 0.25) is 0 Å². The normalized spacial score (nSPS) is 12.6. The first-order valence-corrected chi connectivity index (χ1v) is 32.1. The van der Waals surface area contributed by atoms with Crippen molar-refractivity contribution < 1.29 is 28.6 Å². The number of hydrogen-bond acceptors (Lipinski definition) is 6. The molecule has 0 fully saturated rings. The molecular weight excluding hydrogens is 925 g/mol. The molecular formula is C69H120O6. The van der Waals surface area contributed by atoms with Crippen LogP contribution in [-0.2, 0) is 28.6 Å². The van der Waals surface area contributed by atoms with Crippen molar-refractivity contribution in [2.45, 2.75) is 322 Å². The van der Waals surface area contributed by atoms with Gasteiger partial charge in [0.05, 0.1) is 0 Å². The molecule has 0 aliphatic heterocycles. The smallest absolute Gasteiger partial charge is 0.306 e. The highest BCUT2D eigenvalue weighted by Crippen LogP contribution is 2.16. The number of carbonyl (C=O) groups is 3. The molecule has 0 radical (unpaired) electrons. The van der Waals surface area contributed by atoms with Gasteiger partial charge in [-0.05, 0) is 103 Å². The van der Waals surface area contributed by atoms with E-state index < -0.39 is 6.10 Å². The van der Waals surface area contributed by atoms with Crippen LogP contribution in [0.25, 0.3) is 0 Å². The second-order valence-electron chi connectivity index (χ2n) is 21.3. The average molecular weight is 1050 g/mol. The van der Waals surface area contributed by atoms with Crippen LogP contribution in [0.5, 0.6) is 0 Å². The van der Waals surface area contributed by atoms with E-state index in [9.17, 15) is 14.4 Å². The second kappa shape index (κ2) is 63.1. The third-order valence-electron chi connectivity index (χ3n) is 13.9. The fourth-order valence-corrected chi connectivity index (χ4v) is 9.07. The van der Waals surface area contributed by atoms with Gasteiger partial charge in [-0.2, -0.15) is 0 Å². The van der Waals surface area contributed by atoms with Crippen molar-refractivity contribution >= 4 is 17.9 Å². The SMILES string of the molecule is CC/C=C\C/C=C\C/C=C\C/C=C\CCC(=O)OCC(COC(=O)CCCCCCCCCCCCCCC/C=C\C/C=C\CCCCCCC)OC(=O)CCCCCCCCCCC/C=C\CCCCCCCC. The molecule has 0 saturated heterocycles. The molecule has 0 heterocycles. The Labute approximate surface area is 465 Å². The molecule has 1 unspecified atom stereocenters. The third-order valence-corrected chi connectivity index (χ3v) is 13.9. The van der Waals surface area contributed by atoms with Crippen LogP contribution in [0.3, 0.4) is 0 Å². The summed E-state index contributed by atoms with van der Waals surface area (Å²) in [6.45, 7) is 6.48. The predicted molar refractivity (Wildman–Crippen MR) is 325 cm³/mol. The van der Waals surface area contributed by atoms with E-state index in [4.69, 9.17) is 14.2 Å². The maximum atomic E-state index is 12.9. The van der Waals surface area contributed by atoms with Gasteiger partial charge in [-0.1, -0.05) is 279 Å². The number of rotatable bonds is 58. The number of unbranched alkanes of at least 4 members (excludes halogenated alkanes) is 33. The Kier molecular flexibility index (Phi) is 60.3. The summed E-state index contributed by atoms with van der Waals surface area (Å²) in [5.41, 5.74) is 0. The molecule has 0 aliphatic carbocycles. The Hall–Kier alpha value is -3.41. The van der Waals surface area contributed by atoms with E-state index in [1.54, 1.807) is 0 Å². The molecule has 0 saturated carbocycles. The third kappa shape index (κ3) is 61.3. The zero-order chi connectivity index (χ0) is 54.3. The molecule has 6 nitrogen and oxygen atoms in total. The van der Waals surface area contributed by atoms with E-state index in [-0.39, 0.29) is 37.5 Å². The van der Waals surface area contributed by atoms with Crippen LogP contribution in [-0.4, -0.2) is 37.2 Å². The predicted octanol–water partition coefficient (Wildman–Crippen LogP) is 21.9. The zero-order valence-electron chi connectivity index (χ0n) is 49.6. The number of hydrogen-bond donors (Lipinski definition) is 0. The van der Waals surface area contributed by atoms with Gasteiger partial charge >= 0.3 is 17.9 Å². The molecule has 432 valence electrons. The van der Waals surface area contributed by atoms with Gasteiger partial charge in [0, 0.05) is 19.3 Å². The van der Waals surface area contributed by atoms with E-state index in [2.05, 4.69) is 99.8 Å². The molecule has 0 spiro atoms. The van der Waals surface area contributed by atoms with Crippen LogP contribution in [0.4, 0.5) is 0 Å². The Morgan fingerprint density at radius 3 is 0.907 bits per heavy atom. The molecule has 0 aromatic heterocycles. The maximum Gasteiger partial charge on any atom is 0.306 e. The summed E-state index contributed by atoms with van der Waals surface area (Å²) in [7, 11) is 0. The van der Waals surface area contributed by atoms with E-state index in [0.717, 1.165) is 70.6 Å². The number of esters is 3. The average Bonchev–Trinajstić information content (AvgIpc) is 3.41. The minimum Gasteiger partial charge on any atom is -0.462 e. The van der Waals surface area contributed by atoms with Crippen molar-refractivity contribution in [3.8, 4) is 0 Å². The van der Waals surface area contributed by atoms with E-state index >= 15 is 0 Å². The molecule has 1 atom stereocenters. The van der Waals surface area contributed by atoms with Crippen LogP contribution in [0, 0.1) is 0 Å². The standard InChI is InChI=1S/C69H120O6/c1-4-7-10-13-16-19-22-25-27-29-31-32-33-34-35-36-38-39-41-44-47-50-53-56-59-62-68(71)74-65-66(64-73-67(70)61-58-55-52-49-46-43-24-21-18-15-12-9-6-3)75-69(72)63-60-57-54-51-48-45-42-40-37-30-28-26-23-20-17-14-11-8-5-2/h9,12,18,21-22,25-26,28-29,31,43,46,52,55,66H,4-8,10-11,13-17,19-20,23-24,27,30,32-42,44-45,47-51,53-54,56-65H2,1-3H3/b12-9-,21-18-,25-22-,28-26-,31-29-,46-43-,55-52-. The number of ether oxygens (including phenoxy) is 3. The second-order valence-corrected chi connectivity index (χ2v) is 21.3. The summed E-state index contributed by atoms with van der Waals surface area (Å²) < 4.78 is 16.8. The largest absolute Gasteiger partial charge is 0.462 e. The number of allylic oxidation sites excluding steroid dienone is 14. The fraction of sp³-hybridized carbons (Fsp3) is 0.754. The van der Waals surface area contributed by atoms with Gasteiger partial charge in [0.25, 0.3) is 0 Å². The minimum atomic E-state index is -0.807. The fourth-order valence-electron chi connectivity index (χ4n) is 9.07. The first kappa shape index (κ1) is 71.6. The zero-order valence-corrected chi connectivity index (χ0v) is 49.6. The molecule has 0 N–H and O–H groups in total. The van der Waals surface area contributed by atoms with Crippen molar-refractivity contribution in [2.75, 3.05) is 13.2 Å². The number of carbonyl (C=O) groups excluding carboxylic acids is 3. The topological polar surface area (TPSA) is 78.9 Å². The highest BCUT2D eigenvalue weighted by Gasteiger charge is 2.19. The van der Waals surface area contributed by atoms with Crippen molar-refractivity contribution in [1.82, 2.24) is 0 Å². The van der Waals surface area contributed by atoms with Crippen LogP contribution in [0.1, 0.15) is 316 Å². The molecule has 0 aliphatic rings. The van der Waals surface area contributed by atoms with Crippen molar-refractivity contribution in [1.29, 1.82) is 0 Å². The summed E-state index contributed by atoms with van der Waals surface area (Å²) in [5, 5.41) is 0. The summed E-state index contributed by atoms with van der Waals surface area (Å²) in [6, 6.07) is 0. The Bertz CT molecular complexity index is 1430. The Morgan fingerprint density at radius 1 is 0.280 bits per heavy atom. The van der Waals surface area contributed by atoms with Gasteiger partial charge in [-0.25, -0.2) is 0 Å². The van der Waals surface area contributed by atoms with Gasteiger partial charge in [-0.3, -0.25) is 14.4 Å². The minimum absolute atomic E-state index is 0.0982. The summed E-state index contributed by atoms with van der Waals surface area (Å²) in [6.07, 6.45) is 83.2. The van der Waals surface area contributed by atoms with Crippen molar-refractivity contribution in [3.63, 3.8) is 0 Å². The molecule has 75 heavy (non-hydrogen) atoms. The van der Waals surface area contributed by atoms with Crippen LogP contribution < -0.4 is 0 Å². The summed E-state index contributed by atoms with van der Waals surface area (Å²) in [4.78, 5) is 38.2. The van der Waals surface area contributed by atoms with E-state index in [1.807, 2.05) is 6.08 Å². The van der Waals surface area contributed by atoms with Gasteiger partial charge in [0.2, 0.25) is 0 Å². The lowest BCUT2D eigenvalue weighted by Crippen LogP contribution is -2.30. The maximum absolute atomic E-state index is 12.9. The van der Waals surface area contributed by atoms with Gasteiger partial charge in [0.15, 0.2) is 6.10 Å².